The fraction of sp³-hybridized carbons (Fsp3) is 0.543. The lowest BCUT2D eigenvalue weighted by Gasteiger charge is -2.32. The van der Waals surface area contributed by atoms with Gasteiger partial charge in [-0.1, -0.05) is 18.2 Å². The van der Waals surface area contributed by atoms with Crippen molar-refractivity contribution in [3.8, 4) is 5.75 Å². The summed E-state index contributed by atoms with van der Waals surface area (Å²) in [5.41, 5.74) is -1.39. The van der Waals surface area contributed by atoms with Crippen molar-refractivity contribution in [2.75, 3.05) is 53.9 Å². The number of rotatable bonds is 5. The van der Waals surface area contributed by atoms with Gasteiger partial charge in [0.1, 0.15) is 17.4 Å². The largest absolute Gasteiger partial charge is 0.493 e. The highest BCUT2D eigenvalue weighted by Crippen LogP contribution is 2.30. The summed E-state index contributed by atoms with van der Waals surface area (Å²) >= 11 is 0. The zero-order chi connectivity index (χ0) is 35.6. The Bertz CT molecular complexity index is 1430. The molecule has 1 aliphatic heterocycles. The minimum atomic E-state index is -4.58. The van der Waals surface area contributed by atoms with Crippen LogP contribution in [0, 0.1) is 0 Å². The van der Waals surface area contributed by atoms with E-state index in [1.165, 1.54) is 29.0 Å². The number of fused-ring (bicyclic) bond motifs is 1. The maximum atomic E-state index is 13.8. The van der Waals surface area contributed by atoms with Crippen LogP contribution >= 0.6 is 0 Å². The maximum absolute atomic E-state index is 13.8. The predicted octanol–water partition coefficient (Wildman–Crippen LogP) is 5.96. The van der Waals surface area contributed by atoms with E-state index in [1.807, 2.05) is 0 Å². The number of likely N-dealkylation sites (N-methyl/N-ethyl adjacent to an activating group) is 2. The van der Waals surface area contributed by atoms with Gasteiger partial charge in [-0.05, 0) is 83.2 Å². The molecule has 0 spiro atoms. The number of ether oxygens (including phenoxy) is 2. The summed E-state index contributed by atoms with van der Waals surface area (Å²) in [6, 6.07) is 10.1. The highest BCUT2D eigenvalue weighted by Gasteiger charge is 2.33. The Hall–Kier alpha value is -4.29. The van der Waals surface area contributed by atoms with Crippen molar-refractivity contribution in [3.63, 3.8) is 0 Å². The highest BCUT2D eigenvalue weighted by atomic mass is 19.4. The Balaban J connectivity index is 1.79. The zero-order valence-corrected chi connectivity index (χ0v) is 28.6. The fourth-order valence-electron chi connectivity index (χ4n) is 5.33. The molecule has 48 heavy (non-hydrogen) atoms. The highest BCUT2D eigenvalue weighted by molar-refractivity contribution is 5.99. The lowest BCUT2D eigenvalue weighted by molar-refractivity contribution is -0.137. The maximum Gasteiger partial charge on any atom is 0.416 e. The van der Waals surface area contributed by atoms with Crippen LogP contribution < -0.4 is 4.74 Å². The second kappa shape index (κ2) is 16.7. The number of halogens is 3. The lowest BCUT2D eigenvalue weighted by Crippen LogP contribution is -2.49. The van der Waals surface area contributed by atoms with Gasteiger partial charge in [0.25, 0.3) is 11.8 Å². The van der Waals surface area contributed by atoms with Crippen LogP contribution in [0.4, 0.5) is 18.0 Å². The Kier molecular flexibility index (Phi) is 13.3. The van der Waals surface area contributed by atoms with E-state index in [9.17, 15) is 32.3 Å². The average molecular weight is 677 g/mol. The first kappa shape index (κ1) is 38.2. The van der Waals surface area contributed by atoms with Gasteiger partial charge in [0, 0.05) is 52.9 Å². The third kappa shape index (κ3) is 10.9. The van der Waals surface area contributed by atoms with Crippen molar-refractivity contribution >= 4 is 23.8 Å². The van der Waals surface area contributed by atoms with Crippen LogP contribution in [-0.4, -0.2) is 109 Å². The van der Waals surface area contributed by atoms with Gasteiger partial charge < -0.3 is 29.1 Å². The molecule has 0 aliphatic carbocycles. The number of carbonyl (C=O) groups is 4. The van der Waals surface area contributed by atoms with Gasteiger partial charge in [0.2, 0.25) is 5.91 Å². The molecule has 0 saturated heterocycles. The summed E-state index contributed by atoms with van der Waals surface area (Å²) in [5.74, 6) is -0.963. The van der Waals surface area contributed by atoms with E-state index in [2.05, 4.69) is 0 Å². The number of para-hydroxylation sites is 1. The molecule has 1 heterocycles. The molecular weight excluding hydrogens is 629 g/mol. The molecular formula is C35H47F3N4O6. The van der Waals surface area contributed by atoms with E-state index in [0.29, 0.717) is 51.1 Å². The van der Waals surface area contributed by atoms with Crippen molar-refractivity contribution in [2.24, 2.45) is 0 Å². The monoisotopic (exact) mass is 676 g/mol. The SMILES string of the molecule is CN(CCC[C@H]1C(=O)N(C)CCCCN(C(=O)OC(C)(C)C)CCCOc2ccccc2C(=O)N1C)C(=O)c1cccc(C(F)(F)F)c1. The van der Waals surface area contributed by atoms with Gasteiger partial charge >= 0.3 is 12.3 Å². The van der Waals surface area contributed by atoms with Crippen LogP contribution in [0.5, 0.6) is 5.75 Å². The summed E-state index contributed by atoms with van der Waals surface area (Å²) in [4.78, 5) is 59.4. The summed E-state index contributed by atoms with van der Waals surface area (Å²) in [7, 11) is 4.69. The van der Waals surface area contributed by atoms with Crippen molar-refractivity contribution in [2.45, 2.75) is 70.7 Å². The third-order valence-electron chi connectivity index (χ3n) is 7.97. The summed E-state index contributed by atoms with van der Waals surface area (Å²) in [6.45, 7) is 7.01. The van der Waals surface area contributed by atoms with E-state index in [1.54, 1.807) is 68.9 Å². The number of hydrogen-bond acceptors (Lipinski definition) is 6. The van der Waals surface area contributed by atoms with E-state index in [-0.39, 0.29) is 36.6 Å². The Morgan fingerprint density at radius 1 is 0.958 bits per heavy atom. The number of benzene rings is 2. The second-order valence-electron chi connectivity index (χ2n) is 13.0. The molecule has 0 unspecified atom stereocenters. The van der Waals surface area contributed by atoms with E-state index >= 15 is 0 Å². The van der Waals surface area contributed by atoms with Gasteiger partial charge in [0.15, 0.2) is 0 Å². The second-order valence-corrected chi connectivity index (χ2v) is 13.0. The van der Waals surface area contributed by atoms with Crippen LogP contribution in [0.3, 0.4) is 0 Å². The molecule has 0 N–H and O–H groups in total. The van der Waals surface area contributed by atoms with Gasteiger partial charge in [0.05, 0.1) is 17.7 Å². The number of carbonyl (C=O) groups excluding carboxylic acids is 4. The first-order valence-electron chi connectivity index (χ1n) is 16.1. The number of nitrogens with zero attached hydrogens (tertiary/aromatic N) is 4. The molecule has 1 aliphatic rings. The first-order chi connectivity index (χ1) is 22.5. The average Bonchev–Trinajstić information content (AvgIpc) is 3.03. The molecule has 13 heteroatoms. The fourth-order valence-corrected chi connectivity index (χ4v) is 5.33. The summed E-state index contributed by atoms with van der Waals surface area (Å²) in [5, 5.41) is 0. The third-order valence-corrected chi connectivity index (χ3v) is 7.97. The summed E-state index contributed by atoms with van der Waals surface area (Å²) in [6.07, 6.45) is -2.80. The molecule has 0 fully saturated rings. The molecule has 3 rings (SSSR count). The van der Waals surface area contributed by atoms with E-state index < -0.39 is 41.3 Å². The van der Waals surface area contributed by atoms with Gasteiger partial charge in [-0.25, -0.2) is 4.79 Å². The molecule has 0 aromatic heterocycles. The predicted molar refractivity (Wildman–Crippen MR) is 175 cm³/mol. The van der Waals surface area contributed by atoms with E-state index in [0.717, 1.165) is 12.1 Å². The molecule has 1 atom stereocenters. The minimum Gasteiger partial charge on any atom is -0.493 e. The number of hydrogen-bond donors (Lipinski definition) is 0. The summed E-state index contributed by atoms with van der Waals surface area (Å²) < 4.78 is 51.2. The molecule has 2 aromatic rings. The molecule has 4 amide bonds. The van der Waals surface area contributed by atoms with Crippen molar-refractivity contribution in [3.05, 3.63) is 65.2 Å². The van der Waals surface area contributed by atoms with E-state index in [4.69, 9.17) is 9.47 Å². The van der Waals surface area contributed by atoms with Crippen molar-refractivity contribution in [1.29, 1.82) is 0 Å². The van der Waals surface area contributed by atoms with Crippen LogP contribution in [0.15, 0.2) is 48.5 Å². The molecule has 10 nitrogen and oxygen atoms in total. The molecule has 0 saturated carbocycles. The normalized spacial score (nSPS) is 17.4. The standard InChI is InChI=1S/C35H47F3N4O6/c1-34(2,3)48-33(46)42-21-10-9-19-40(5)32(45)28(41(6)31(44)27-16-7-8-18-29(27)47-23-13-22-42)17-12-20-39(4)30(43)25-14-11-15-26(24-25)35(36,37)38/h7-8,11,14-16,18,24,28H,9-10,12-13,17,19-23H2,1-6H3/t28-/m0/s1. The smallest absolute Gasteiger partial charge is 0.416 e. The molecule has 0 radical (unpaired) electrons. The molecule has 0 bridgehead atoms. The Labute approximate surface area is 280 Å². The first-order valence-corrected chi connectivity index (χ1v) is 16.1. The van der Waals surface area contributed by atoms with Crippen LogP contribution in [0.1, 0.15) is 79.2 Å². The van der Waals surface area contributed by atoms with Gasteiger partial charge in [-0.3, -0.25) is 14.4 Å². The Morgan fingerprint density at radius 3 is 2.31 bits per heavy atom. The topological polar surface area (TPSA) is 99.7 Å². The number of amides is 4. The van der Waals surface area contributed by atoms with Crippen molar-refractivity contribution < 1.29 is 41.8 Å². The van der Waals surface area contributed by atoms with Crippen molar-refractivity contribution in [1.82, 2.24) is 19.6 Å². The number of alkyl halides is 3. The van der Waals surface area contributed by atoms with Gasteiger partial charge in [-0.2, -0.15) is 13.2 Å². The molecule has 264 valence electrons. The van der Waals surface area contributed by atoms with Crippen LogP contribution in [0.2, 0.25) is 0 Å². The quantitative estimate of drug-likeness (QED) is 0.388. The Morgan fingerprint density at radius 2 is 1.62 bits per heavy atom. The van der Waals surface area contributed by atoms with Crippen LogP contribution in [0.25, 0.3) is 0 Å². The van der Waals surface area contributed by atoms with Gasteiger partial charge in [-0.15, -0.1) is 0 Å². The molecule has 2 aromatic carbocycles. The zero-order valence-electron chi connectivity index (χ0n) is 28.6. The van der Waals surface area contributed by atoms with Crippen LogP contribution in [-0.2, 0) is 15.7 Å². The minimum absolute atomic E-state index is 0.0954. The lowest BCUT2D eigenvalue weighted by atomic mass is 10.1.